The Morgan fingerprint density at radius 2 is 1.42 bits per heavy atom. The lowest BCUT2D eigenvalue weighted by atomic mass is 9.87. The van der Waals surface area contributed by atoms with Crippen molar-refractivity contribution in [2.75, 3.05) is 0 Å². The first kappa shape index (κ1) is 16.9. The van der Waals surface area contributed by atoms with Crippen LogP contribution < -0.4 is 0 Å². The number of thiophene rings is 2. The van der Waals surface area contributed by atoms with Crippen LogP contribution in [0.15, 0.2) is 73.6 Å². The lowest BCUT2D eigenvalue weighted by molar-refractivity contribution is 0.135. The van der Waals surface area contributed by atoms with E-state index in [1.807, 2.05) is 24.3 Å². The fourth-order valence-electron chi connectivity index (χ4n) is 3.73. The third kappa shape index (κ3) is 2.35. The Morgan fingerprint density at radius 3 is 2.00 bits per heavy atom. The zero-order chi connectivity index (χ0) is 17.9. The van der Waals surface area contributed by atoms with Crippen LogP contribution in [0, 0.1) is 0 Å². The largest absolute Gasteiger partial charge is 0.375 e. The van der Waals surface area contributed by atoms with E-state index in [1.54, 1.807) is 22.7 Å². The van der Waals surface area contributed by atoms with Crippen molar-refractivity contribution in [2.45, 2.75) is 5.60 Å². The molecule has 2 aromatic heterocycles. The van der Waals surface area contributed by atoms with Gasteiger partial charge in [-0.25, -0.2) is 0 Å². The maximum atomic E-state index is 12.2. The Bertz CT molecular complexity index is 1080. The average molecular weight is 504 g/mol. The standard InChI is InChI=1S/C21H12Br2OS2/c22-13-1-3-16-17-4-2-14(23)10-19(17)21(24,18(16)9-13)20-15(6-8-26-20)12-5-7-25-11-12/h1-11,24H. The molecular formula is C21H12Br2OS2. The van der Waals surface area contributed by atoms with Crippen LogP contribution in [-0.4, -0.2) is 5.11 Å². The Hall–Kier alpha value is -1.24. The molecule has 0 fully saturated rings. The van der Waals surface area contributed by atoms with Crippen molar-refractivity contribution < 1.29 is 5.11 Å². The van der Waals surface area contributed by atoms with Gasteiger partial charge in [0.2, 0.25) is 0 Å². The lowest BCUT2D eigenvalue weighted by Gasteiger charge is -2.26. The molecule has 0 radical (unpaired) electrons. The van der Waals surface area contributed by atoms with Crippen molar-refractivity contribution in [1.29, 1.82) is 0 Å². The molecule has 0 aliphatic heterocycles. The number of benzene rings is 2. The van der Waals surface area contributed by atoms with Crippen LogP contribution in [-0.2, 0) is 5.60 Å². The van der Waals surface area contributed by atoms with Crippen molar-refractivity contribution in [3.05, 3.63) is 89.6 Å². The Balaban J connectivity index is 1.86. The zero-order valence-corrected chi connectivity index (χ0v) is 18.2. The molecule has 5 rings (SSSR count). The predicted molar refractivity (Wildman–Crippen MR) is 117 cm³/mol. The summed E-state index contributed by atoms with van der Waals surface area (Å²) in [6.07, 6.45) is 0. The van der Waals surface area contributed by atoms with Crippen LogP contribution in [0.25, 0.3) is 22.3 Å². The summed E-state index contributed by atoms with van der Waals surface area (Å²) in [4.78, 5) is 0.965. The zero-order valence-electron chi connectivity index (χ0n) is 13.4. The van der Waals surface area contributed by atoms with Crippen molar-refractivity contribution in [3.8, 4) is 22.3 Å². The van der Waals surface area contributed by atoms with Gasteiger partial charge in [-0.1, -0.05) is 44.0 Å². The molecule has 1 aliphatic carbocycles. The van der Waals surface area contributed by atoms with Crippen LogP contribution in [0.4, 0.5) is 0 Å². The Morgan fingerprint density at radius 1 is 0.769 bits per heavy atom. The molecule has 0 atom stereocenters. The first-order chi connectivity index (χ1) is 12.6. The van der Waals surface area contributed by atoms with Crippen molar-refractivity contribution in [1.82, 2.24) is 0 Å². The molecule has 4 aromatic rings. The lowest BCUT2D eigenvalue weighted by Crippen LogP contribution is -2.25. The molecule has 2 aromatic carbocycles. The van der Waals surface area contributed by atoms with Gasteiger partial charge in [-0.3, -0.25) is 0 Å². The normalized spacial score (nSPS) is 14.3. The van der Waals surface area contributed by atoms with Gasteiger partial charge < -0.3 is 5.11 Å². The summed E-state index contributed by atoms with van der Waals surface area (Å²) in [5.41, 5.74) is 5.12. The van der Waals surface area contributed by atoms with Crippen LogP contribution in [0.3, 0.4) is 0 Å². The van der Waals surface area contributed by atoms with Gasteiger partial charge >= 0.3 is 0 Å². The van der Waals surface area contributed by atoms with E-state index in [2.05, 4.69) is 72.3 Å². The molecule has 128 valence electrons. The SMILES string of the molecule is OC1(c2sccc2-c2ccsc2)c2cc(Br)ccc2-c2ccc(Br)cc21. The number of rotatable bonds is 2. The molecule has 5 heteroatoms. The summed E-state index contributed by atoms with van der Waals surface area (Å²) in [6, 6.07) is 16.5. The third-order valence-corrected chi connectivity index (χ3v) is 7.55. The van der Waals surface area contributed by atoms with E-state index in [9.17, 15) is 5.11 Å². The highest BCUT2D eigenvalue weighted by atomic mass is 79.9. The highest BCUT2D eigenvalue weighted by molar-refractivity contribution is 9.10. The minimum atomic E-state index is -1.16. The first-order valence-electron chi connectivity index (χ1n) is 8.02. The van der Waals surface area contributed by atoms with E-state index in [1.165, 1.54) is 0 Å². The summed E-state index contributed by atoms with van der Waals surface area (Å²) < 4.78 is 1.94. The predicted octanol–water partition coefficient (Wildman–Crippen LogP) is 7.27. The van der Waals surface area contributed by atoms with Gasteiger partial charge in [0.05, 0.1) is 4.88 Å². The monoisotopic (exact) mass is 502 g/mol. The maximum Gasteiger partial charge on any atom is 0.151 e. The maximum absolute atomic E-state index is 12.2. The fourth-order valence-corrected chi connectivity index (χ4v) is 6.15. The quantitative estimate of drug-likeness (QED) is 0.305. The van der Waals surface area contributed by atoms with Gasteiger partial charge in [0.15, 0.2) is 5.60 Å². The molecule has 2 heterocycles. The van der Waals surface area contributed by atoms with Crippen molar-refractivity contribution in [3.63, 3.8) is 0 Å². The average Bonchev–Trinajstić information content (AvgIpc) is 3.35. The summed E-state index contributed by atoms with van der Waals surface area (Å²) in [6.45, 7) is 0. The van der Waals surface area contributed by atoms with Gasteiger partial charge in [0, 0.05) is 25.6 Å². The van der Waals surface area contributed by atoms with Gasteiger partial charge in [0.1, 0.15) is 0 Å². The van der Waals surface area contributed by atoms with Crippen molar-refractivity contribution >= 4 is 54.5 Å². The molecule has 1 N–H and O–H groups in total. The van der Waals surface area contributed by atoms with Gasteiger partial charge in [-0.05, 0) is 69.2 Å². The highest BCUT2D eigenvalue weighted by Crippen LogP contribution is 2.55. The molecule has 0 spiro atoms. The van der Waals surface area contributed by atoms with Gasteiger partial charge in [0.25, 0.3) is 0 Å². The highest BCUT2D eigenvalue weighted by Gasteiger charge is 2.45. The van der Waals surface area contributed by atoms with E-state index in [0.717, 1.165) is 47.2 Å². The molecule has 0 unspecified atom stereocenters. The second-order valence-electron chi connectivity index (χ2n) is 6.27. The van der Waals surface area contributed by atoms with E-state index >= 15 is 0 Å². The summed E-state index contributed by atoms with van der Waals surface area (Å²) >= 11 is 10.4. The van der Waals surface area contributed by atoms with Crippen LogP contribution in [0.1, 0.15) is 16.0 Å². The molecule has 0 amide bonds. The number of hydrogen-bond donors (Lipinski definition) is 1. The number of hydrogen-bond acceptors (Lipinski definition) is 3. The fraction of sp³-hybridized carbons (Fsp3) is 0.0476. The smallest absolute Gasteiger partial charge is 0.151 e. The number of aliphatic hydroxyl groups is 1. The van der Waals surface area contributed by atoms with E-state index in [-0.39, 0.29) is 0 Å². The van der Waals surface area contributed by atoms with Crippen LogP contribution in [0.2, 0.25) is 0 Å². The molecule has 1 nitrogen and oxygen atoms in total. The van der Waals surface area contributed by atoms with Crippen LogP contribution >= 0.6 is 54.5 Å². The first-order valence-corrected chi connectivity index (χ1v) is 11.4. The van der Waals surface area contributed by atoms with E-state index in [4.69, 9.17) is 0 Å². The van der Waals surface area contributed by atoms with E-state index < -0.39 is 5.60 Å². The van der Waals surface area contributed by atoms with E-state index in [0.29, 0.717) is 0 Å². The second-order valence-corrected chi connectivity index (χ2v) is 9.79. The second kappa shape index (κ2) is 6.14. The summed E-state index contributed by atoms with van der Waals surface area (Å²) in [7, 11) is 0. The molecule has 26 heavy (non-hydrogen) atoms. The molecule has 0 saturated heterocycles. The Labute approximate surface area is 176 Å². The minimum absolute atomic E-state index is 0.930. The number of halogens is 2. The van der Waals surface area contributed by atoms with Crippen molar-refractivity contribution in [2.24, 2.45) is 0 Å². The van der Waals surface area contributed by atoms with Gasteiger partial charge in [-0.2, -0.15) is 11.3 Å². The number of fused-ring (bicyclic) bond motifs is 3. The van der Waals surface area contributed by atoms with Crippen LogP contribution in [0.5, 0.6) is 0 Å². The minimum Gasteiger partial charge on any atom is -0.375 e. The summed E-state index contributed by atoms with van der Waals surface area (Å²) in [5, 5.41) is 18.4. The molecule has 0 saturated carbocycles. The third-order valence-electron chi connectivity index (χ3n) is 4.86. The molecular weight excluding hydrogens is 492 g/mol. The Kier molecular flexibility index (Phi) is 3.99. The van der Waals surface area contributed by atoms with Gasteiger partial charge in [-0.15, -0.1) is 11.3 Å². The molecule has 1 aliphatic rings. The molecule has 0 bridgehead atoms. The summed E-state index contributed by atoms with van der Waals surface area (Å²) in [5.74, 6) is 0. The topological polar surface area (TPSA) is 20.2 Å².